The highest BCUT2D eigenvalue weighted by Gasteiger charge is 2.55. The fourth-order valence-corrected chi connectivity index (χ4v) is 4.71. The minimum atomic E-state index is -0.477. The second kappa shape index (κ2) is 6.70. The number of carbonyl (C=O) groups excluding carboxylic acids is 2. The van der Waals surface area contributed by atoms with Gasteiger partial charge in [-0.05, 0) is 26.2 Å². The van der Waals surface area contributed by atoms with E-state index in [1.165, 1.54) is 16.7 Å². The molecule has 132 valence electrons. The average Bonchev–Trinajstić information content (AvgIpc) is 2.93. The molecular weight excluding hydrogens is 346 g/mol. The number of benzene rings is 2. The van der Waals surface area contributed by atoms with Crippen LogP contribution >= 0.6 is 11.8 Å². The smallest absolute Gasteiger partial charge is 0.248 e. The van der Waals surface area contributed by atoms with E-state index in [1.54, 1.807) is 12.1 Å². The highest BCUT2D eigenvalue weighted by molar-refractivity contribution is 8.15. The quantitative estimate of drug-likeness (QED) is 0.785. The van der Waals surface area contributed by atoms with Gasteiger partial charge in [-0.25, -0.2) is 4.90 Å². The van der Waals surface area contributed by atoms with Crippen LogP contribution in [0.5, 0.6) is 0 Å². The summed E-state index contributed by atoms with van der Waals surface area (Å²) >= 11 is 1.40. The summed E-state index contributed by atoms with van der Waals surface area (Å²) < 4.78 is 0. The molecule has 0 unspecified atom stereocenters. The maximum Gasteiger partial charge on any atom is 0.248 e. The van der Waals surface area contributed by atoms with Gasteiger partial charge in [0.05, 0.1) is 11.6 Å². The van der Waals surface area contributed by atoms with Gasteiger partial charge in [0.15, 0.2) is 0 Å². The number of para-hydroxylation sites is 1. The molecule has 2 aromatic carbocycles. The van der Waals surface area contributed by atoms with Gasteiger partial charge in [-0.3, -0.25) is 19.5 Å². The Morgan fingerprint density at radius 3 is 2.15 bits per heavy atom. The third kappa shape index (κ3) is 2.75. The van der Waals surface area contributed by atoms with Gasteiger partial charge in [0.1, 0.15) is 16.5 Å². The lowest BCUT2D eigenvalue weighted by Gasteiger charge is -2.32. The Balaban J connectivity index is 1.75. The van der Waals surface area contributed by atoms with E-state index in [9.17, 15) is 9.59 Å². The maximum absolute atomic E-state index is 13.1. The van der Waals surface area contributed by atoms with Crippen LogP contribution in [-0.4, -0.2) is 47.3 Å². The van der Waals surface area contributed by atoms with Crippen molar-refractivity contribution in [1.82, 2.24) is 4.90 Å². The fourth-order valence-electron chi connectivity index (χ4n) is 3.42. The van der Waals surface area contributed by atoms with E-state index in [0.717, 1.165) is 10.6 Å². The van der Waals surface area contributed by atoms with Crippen LogP contribution in [-0.2, 0) is 9.59 Å². The normalized spacial score (nSPS) is 25.4. The number of fused-ring (bicyclic) bond motifs is 1. The largest absolute Gasteiger partial charge is 0.287 e. The fraction of sp³-hybridized carbons (Fsp3) is 0.250. The maximum atomic E-state index is 13.1. The number of amides is 2. The molecule has 0 N–H and O–H groups in total. The molecule has 6 heteroatoms. The molecule has 4 rings (SSSR count). The minimum Gasteiger partial charge on any atom is -0.287 e. The van der Waals surface area contributed by atoms with Crippen LogP contribution in [0.3, 0.4) is 0 Å². The Kier molecular flexibility index (Phi) is 4.38. The molecule has 2 aliphatic rings. The highest BCUT2D eigenvalue weighted by Crippen LogP contribution is 2.42. The second-order valence-electron chi connectivity index (χ2n) is 6.59. The Hall–Kier alpha value is -2.44. The molecular formula is C20H19N3O2S. The molecule has 2 aromatic rings. The van der Waals surface area contributed by atoms with E-state index in [0.29, 0.717) is 5.69 Å². The van der Waals surface area contributed by atoms with Gasteiger partial charge in [-0.15, -0.1) is 0 Å². The molecule has 3 atom stereocenters. The molecule has 2 heterocycles. The number of anilines is 1. The lowest BCUT2D eigenvalue weighted by molar-refractivity contribution is -0.123. The summed E-state index contributed by atoms with van der Waals surface area (Å²) in [6.07, 6.45) is -0.360. The van der Waals surface area contributed by atoms with Crippen molar-refractivity contribution in [3.8, 4) is 0 Å². The Labute approximate surface area is 156 Å². The SMILES string of the molecule is CN(C)[C@@H]1N=C(c2ccccc2)S[C@H]2C(=O)N(c3ccccc3)C(=O)[C@@H]12. The Morgan fingerprint density at radius 1 is 0.923 bits per heavy atom. The summed E-state index contributed by atoms with van der Waals surface area (Å²) in [5.41, 5.74) is 1.59. The Morgan fingerprint density at radius 2 is 1.54 bits per heavy atom. The Bertz CT molecular complexity index is 867. The van der Waals surface area contributed by atoms with Crippen molar-refractivity contribution in [3.05, 3.63) is 66.2 Å². The molecule has 0 saturated carbocycles. The first-order valence-electron chi connectivity index (χ1n) is 8.47. The number of carbonyl (C=O) groups is 2. The summed E-state index contributed by atoms with van der Waals surface area (Å²) in [6.45, 7) is 0. The van der Waals surface area contributed by atoms with Crippen molar-refractivity contribution in [2.45, 2.75) is 11.4 Å². The minimum absolute atomic E-state index is 0.161. The molecule has 0 radical (unpaired) electrons. The third-order valence-corrected chi connectivity index (χ3v) is 5.98. The van der Waals surface area contributed by atoms with Gasteiger partial charge < -0.3 is 0 Å². The van der Waals surface area contributed by atoms with Crippen LogP contribution in [0.15, 0.2) is 65.7 Å². The van der Waals surface area contributed by atoms with E-state index >= 15 is 0 Å². The van der Waals surface area contributed by atoms with Gasteiger partial charge in [0.25, 0.3) is 0 Å². The molecule has 26 heavy (non-hydrogen) atoms. The predicted octanol–water partition coefficient (Wildman–Crippen LogP) is 2.63. The summed E-state index contributed by atoms with van der Waals surface area (Å²) in [5.74, 6) is -0.810. The summed E-state index contributed by atoms with van der Waals surface area (Å²) in [7, 11) is 3.79. The van der Waals surface area contributed by atoms with Gasteiger partial charge in [0, 0.05) is 5.56 Å². The summed E-state index contributed by atoms with van der Waals surface area (Å²) in [6, 6.07) is 18.9. The topological polar surface area (TPSA) is 53.0 Å². The molecule has 2 aliphatic heterocycles. The van der Waals surface area contributed by atoms with Crippen LogP contribution in [0.1, 0.15) is 5.56 Å². The number of rotatable bonds is 3. The molecule has 2 amide bonds. The van der Waals surface area contributed by atoms with Crippen LogP contribution in [0.4, 0.5) is 5.69 Å². The van der Waals surface area contributed by atoms with E-state index in [4.69, 9.17) is 4.99 Å². The van der Waals surface area contributed by atoms with Gasteiger partial charge in [-0.1, -0.05) is 60.3 Å². The van der Waals surface area contributed by atoms with Gasteiger partial charge in [0.2, 0.25) is 11.8 Å². The van der Waals surface area contributed by atoms with Gasteiger partial charge in [-0.2, -0.15) is 0 Å². The first kappa shape index (κ1) is 17.0. The molecule has 1 saturated heterocycles. The van der Waals surface area contributed by atoms with Crippen molar-refractivity contribution in [2.75, 3.05) is 19.0 Å². The van der Waals surface area contributed by atoms with Crippen LogP contribution in [0.2, 0.25) is 0 Å². The summed E-state index contributed by atoms with van der Waals surface area (Å²) in [5, 5.41) is 0.351. The van der Waals surface area contributed by atoms with E-state index < -0.39 is 11.2 Å². The van der Waals surface area contributed by atoms with E-state index in [1.807, 2.05) is 67.5 Å². The van der Waals surface area contributed by atoms with Crippen molar-refractivity contribution in [2.24, 2.45) is 10.9 Å². The second-order valence-corrected chi connectivity index (χ2v) is 7.72. The zero-order chi connectivity index (χ0) is 18.3. The first-order chi connectivity index (χ1) is 12.6. The van der Waals surface area contributed by atoms with E-state index in [2.05, 4.69) is 0 Å². The number of aliphatic imine (C=N–C) groups is 1. The highest BCUT2D eigenvalue weighted by atomic mass is 32.2. The monoisotopic (exact) mass is 365 g/mol. The zero-order valence-electron chi connectivity index (χ0n) is 14.6. The lowest BCUT2D eigenvalue weighted by Crippen LogP contribution is -2.44. The van der Waals surface area contributed by atoms with Crippen molar-refractivity contribution >= 4 is 34.3 Å². The number of hydrogen-bond acceptors (Lipinski definition) is 5. The zero-order valence-corrected chi connectivity index (χ0v) is 15.4. The third-order valence-electron chi connectivity index (χ3n) is 4.67. The first-order valence-corrected chi connectivity index (χ1v) is 9.35. The van der Waals surface area contributed by atoms with Crippen LogP contribution in [0.25, 0.3) is 0 Å². The molecule has 5 nitrogen and oxygen atoms in total. The summed E-state index contributed by atoms with van der Waals surface area (Å²) in [4.78, 5) is 34.3. The number of thioether (sulfide) groups is 1. The van der Waals surface area contributed by atoms with Crippen LogP contribution in [0, 0.1) is 5.92 Å². The molecule has 0 spiro atoms. The van der Waals surface area contributed by atoms with Gasteiger partial charge >= 0.3 is 0 Å². The molecule has 1 fully saturated rings. The molecule has 0 aromatic heterocycles. The standard InChI is InChI=1S/C20H19N3O2S/c1-22(2)17-15-16(26-18(21-17)13-9-5-3-6-10-13)20(25)23(19(15)24)14-11-7-4-8-12-14/h3-12,15-17H,1-2H3/t15-,16-,17+/m1/s1. The lowest BCUT2D eigenvalue weighted by atomic mass is 10.0. The number of nitrogens with zero attached hydrogens (tertiary/aromatic N) is 3. The number of hydrogen-bond donors (Lipinski definition) is 0. The predicted molar refractivity (Wildman–Crippen MR) is 104 cm³/mol. The number of imide groups is 1. The molecule has 0 bridgehead atoms. The molecule has 0 aliphatic carbocycles. The van der Waals surface area contributed by atoms with Crippen molar-refractivity contribution < 1.29 is 9.59 Å². The van der Waals surface area contributed by atoms with E-state index in [-0.39, 0.29) is 18.0 Å². The van der Waals surface area contributed by atoms with Crippen molar-refractivity contribution in [3.63, 3.8) is 0 Å². The van der Waals surface area contributed by atoms with Crippen molar-refractivity contribution in [1.29, 1.82) is 0 Å². The van der Waals surface area contributed by atoms with Crippen LogP contribution < -0.4 is 4.90 Å². The average molecular weight is 365 g/mol.